The molecule has 3 heterocycles. The van der Waals surface area contributed by atoms with Crippen molar-refractivity contribution in [3.63, 3.8) is 0 Å². The Morgan fingerprint density at radius 1 is 1.35 bits per heavy atom. The van der Waals surface area contributed by atoms with Gasteiger partial charge in [0.2, 0.25) is 5.91 Å². The molecule has 11 heteroatoms. The van der Waals surface area contributed by atoms with Gasteiger partial charge < -0.3 is 25.8 Å². The monoisotopic (exact) mass is 590 g/mol. The van der Waals surface area contributed by atoms with Gasteiger partial charge in [0.05, 0.1) is 29.2 Å². The van der Waals surface area contributed by atoms with E-state index in [1.165, 1.54) is 19.1 Å². The number of alkyl halides is 1. The average Bonchev–Trinajstić information content (AvgIpc) is 3.64. The van der Waals surface area contributed by atoms with E-state index in [4.69, 9.17) is 22.0 Å². The van der Waals surface area contributed by atoms with Crippen molar-refractivity contribution in [3.05, 3.63) is 69.5 Å². The highest BCUT2D eigenvalue weighted by Crippen LogP contribution is 2.44. The van der Waals surface area contributed by atoms with Crippen LogP contribution in [0.4, 0.5) is 8.78 Å². The number of rotatable bonds is 8. The number of nitrogens with one attached hydrogen (secondary N) is 2. The topological polar surface area (TPSA) is 109 Å². The lowest BCUT2D eigenvalue weighted by atomic mass is 9.90. The van der Waals surface area contributed by atoms with Crippen molar-refractivity contribution in [1.82, 2.24) is 10.2 Å². The molecule has 0 aromatic heterocycles. The third-order valence-corrected chi connectivity index (χ3v) is 9.18. The van der Waals surface area contributed by atoms with Crippen molar-refractivity contribution < 1.29 is 23.8 Å². The zero-order chi connectivity index (χ0) is 28.6. The number of aliphatic hydroxyl groups is 2. The highest BCUT2D eigenvalue weighted by Gasteiger charge is 2.43. The Morgan fingerprint density at radius 2 is 2.10 bits per heavy atom. The number of benzene rings is 1. The highest BCUT2D eigenvalue weighted by atomic mass is 35.5. The van der Waals surface area contributed by atoms with Crippen LogP contribution in [0.15, 0.2) is 58.1 Å². The van der Waals surface area contributed by atoms with Gasteiger partial charge in [0.25, 0.3) is 0 Å². The number of carbonyl (C=O) groups is 1. The van der Waals surface area contributed by atoms with E-state index < -0.39 is 36.2 Å². The second kappa shape index (κ2) is 12.1. The molecule has 0 spiro atoms. The number of aliphatic hydroxyl groups excluding tert-OH is 2. The fraction of sp³-hybridized carbons (Fsp3) is 0.483. The molecule has 6 atom stereocenters. The minimum atomic E-state index is -1.05. The maximum absolute atomic E-state index is 14.0. The molecule has 2 fully saturated rings. The molecule has 1 aromatic rings. The fourth-order valence-electron chi connectivity index (χ4n) is 5.80. The molecule has 1 aromatic carbocycles. The van der Waals surface area contributed by atoms with Gasteiger partial charge >= 0.3 is 0 Å². The van der Waals surface area contributed by atoms with E-state index in [9.17, 15) is 23.8 Å². The SMILES string of the molecule is CC(F)C/C=C\C(=N)C1=C2CC(NC(=O)C3CC(O)C(O)C3)CN2C(C2CC=CS2)=N[C@H]1c1ccc(F)cc1Cl. The van der Waals surface area contributed by atoms with Gasteiger partial charge in [0, 0.05) is 40.7 Å². The standard InChI is InChI=1S/C29H33ClF2N4O3S/c1-15(31)4-2-5-21(33)26-22-13-18(34-29(39)16-10-23(37)24(38)11-16)14-36(22)28(25-6-3-9-40-25)35-27(26)19-8-7-17(32)12-20(19)30/h2-3,5,7-9,12,15-16,18,23-25,27,33,37-38H,4,6,10-11,13-14H2,1H3,(H,34,39)/b5-2-,33-21?/t15?,16?,18?,23?,24?,25?,27-/m0/s1. The molecule has 5 unspecified atom stereocenters. The molecule has 1 aliphatic carbocycles. The van der Waals surface area contributed by atoms with Gasteiger partial charge in [-0.2, -0.15) is 0 Å². The number of amides is 1. The molecule has 0 radical (unpaired) electrons. The Balaban J connectivity index is 1.52. The number of allylic oxidation sites excluding steroid dienone is 3. The first-order chi connectivity index (χ1) is 19.1. The Hall–Kier alpha value is -2.53. The lowest BCUT2D eigenvalue weighted by molar-refractivity contribution is -0.125. The van der Waals surface area contributed by atoms with Crippen molar-refractivity contribution in [1.29, 1.82) is 5.41 Å². The zero-order valence-corrected chi connectivity index (χ0v) is 23.6. The normalized spacial score (nSPS) is 30.6. The van der Waals surface area contributed by atoms with E-state index in [0.29, 0.717) is 24.1 Å². The van der Waals surface area contributed by atoms with E-state index >= 15 is 0 Å². The van der Waals surface area contributed by atoms with Gasteiger partial charge in [-0.25, -0.2) is 8.78 Å². The first-order valence-electron chi connectivity index (χ1n) is 13.5. The van der Waals surface area contributed by atoms with Gasteiger partial charge in [-0.1, -0.05) is 29.8 Å². The Bertz CT molecular complexity index is 1280. The van der Waals surface area contributed by atoms with Crippen LogP contribution in [0.3, 0.4) is 0 Å². The Morgan fingerprint density at radius 3 is 2.75 bits per heavy atom. The van der Waals surface area contributed by atoms with Crippen molar-refractivity contribution >= 4 is 40.8 Å². The summed E-state index contributed by atoms with van der Waals surface area (Å²) in [5.74, 6) is -0.369. The van der Waals surface area contributed by atoms with Crippen molar-refractivity contribution in [2.75, 3.05) is 6.54 Å². The van der Waals surface area contributed by atoms with Crippen LogP contribution in [0.25, 0.3) is 0 Å². The maximum Gasteiger partial charge on any atom is 0.223 e. The van der Waals surface area contributed by atoms with Crippen LogP contribution in [0.5, 0.6) is 0 Å². The fourth-order valence-corrected chi connectivity index (χ4v) is 7.01. The largest absolute Gasteiger partial charge is 0.390 e. The molecule has 40 heavy (non-hydrogen) atoms. The molecule has 3 aliphatic heterocycles. The average molecular weight is 591 g/mol. The van der Waals surface area contributed by atoms with Crippen LogP contribution < -0.4 is 5.32 Å². The smallest absolute Gasteiger partial charge is 0.223 e. The molecule has 1 saturated carbocycles. The molecule has 214 valence electrons. The van der Waals surface area contributed by atoms with Crippen molar-refractivity contribution in [2.24, 2.45) is 10.9 Å². The Kier molecular flexibility index (Phi) is 8.80. The van der Waals surface area contributed by atoms with Crippen molar-refractivity contribution in [2.45, 2.75) is 74.7 Å². The summed E-state index contributed by atoms with van der Waals surface area (Å²) < 4.78 is 27.5. The number of thioether (sulfide) groups is 1. The van der Waals surface area contributed by atoms with E-state index in [0.717, 1.165) is 18.0 Å². The van der Waals surface area contributed by atoms with Crippen molar-refractivity contribution in [3.8, 4) is 0 Å². The second-order valence-electron chi connectivity index (χ2n) is 10.8. The van der Waals surface area contributed by atoms with E-state index in [2.05, 4.69) is 16.3 Å². The third kappa shape index (κ3) is 6.05. The van der Waals surface area contributed by atoms with Gasteiger partial charge in [-0.15, -0.1) is 11.8 Å². The van der Waals surface area contributed by atoms with Crippen LogP contribution in [0.1, 0.15) is 50.6 Å². The van der Waals surface area contributed by atoms with E-state index in [1.807, 2.05) is 5.41 Å². The first-order valence-corrected chi connectivity index (χ1v) is 14.8. The molecular weight excluding hydrogens is 558 g/mol. The summed E-state index contributed by atoms with van der Waals surface area (Å²) in [7, 11) is 0. The van der Waals surface area contributed by atoms with Crippen LogP contribution in [0, 0.1) is 17.1 Å². The number of hydrogen-bond donors (Lipinski definition) is 4. The van der Waals surface area contributed by atoms with Crippen LogP contribution in [-0.4, -0.2) is 68.8 Å². The molecule has 1 saturated heterocycles. The lowest BCUT2D eigenvalue weighted by Crippen LogP contribution is -2.43. The predicted molar refractivity (Wildman–Crippen MR) is 154 cm³/mol. The van der Waals surface area contributed by atoms with Gasteiger partial charge in [0.1, 0.15) is 23.9 Å². The molecule has 0 bridgehead atoms. The number of nitrogens with zero attached hydrogens (tertiary/aromatic N) is 2. The summed E-state index contributed by atoms with van der Waals surface area (Å²) in [6.07, 6.45) is 4.17. The summed E-state index contributed by atoms with van der Waals surface area (Å²) in [5, 5.41) is 34.2. The first kappa shape index (κ1) is 29.0. The molecule has 1 amide bonds. The molecular formula is C29H33ClF2N4O3S. The van der Waals surface area contributed by atoms with Crippen LogP contribution >= 0.6 is 23.4 Å². The number of amidine groups is 1. The minimum absolute atomic E-state index is 0.0324. The van der Waals surface area contributed by atoms with E-state index in [-0.39, 0.29) is 47.2 Å². The quantitative estimate of drug-likeness (QED) is 0.324. The lowest BCUT2D eigenvalue weighted by Gasteiger charge is -2.35. The van der Waals surface area contributed by atoms with Gasteiger partial charge in [-0.3, -0.25) is 9.79 Å². The molecule has 4 N–H and O–H groups in total. The maximum atomic E-state index is 14.0. The van der Waals surface area contributed by atoms with Crippen LogP contribution in [-0.2, 0) is 4.79 Å². The summed E-state index contributed by atoms with van der Waals surface area (Å²) in [6, 6.07) is 3.18. The van der Waals surface area contributed by atoms with Crippen LogP contribution in [0.2, 0.25) is 5.02 Å². The third-order valence-electron chi connectivity index (χ3n) is 7.77. The summed E-state index contributed by atoms with van der Waals surface area (Å²) in [5.41, 5.74) is 2.12. The highest BCUT2D eigenvalue weighted by molar-refractivity contribution is 8.03. The number of halogens is 3. The zero-order valence-electron chi connectivity index (χ0n) is 22.1. The number of hydrogen-bond acceptors (Lipinski definition) is 7. The predicted octanol–water partition coefficient (Wildman–Crippen LogP) is 4.85. The summed E-state index contributed by atoms with van der Waals surface area (Å²) in [6.45, 7) is 1.90. The van der Waals surface area contributed by atoms with Gasteiger partial charge in [-0.05, 0) is 56.2 Å². The number of aliphatic imine (C=N–C) groups is 1. The molecule has 4 aliphatic rings. The number of carbonyl (C=O) groups excluding carboxylic acids is 1. The van der Waals surface area contributed by atoms with E-state index in [1.54, 1.807) is 30.0 Å². The summed E-state index contributed by atoms with van der Waals surface area (Å²) >= 11 is 8.17. The summed E-state index contributed by atoms with van der Waals surface area (Å²) in [4.78, 5) is 20.2. The molecule has 7 nitrogen and oxygen atoms in total. The Labute approximate surface area is 241 Å². The molecule has 5 rings (SSSR count). The minimum Gasteiger partial charge on any atom is -0.390 e. The van der Waals surface area contributed by atoms with Gasteiger partial charge in [0.15, 0.2) is 0 Å². The number of fused-ring (bicyclic) bond motifs is 1. The second-order valence-corrected chi connectivity index (χ2v) is 12.3.